The zero-order chi connectivity index (χ0) is 12.7. The SMILES string of the molecule is CNC(=O)C(C)CN(C)CCCC1CCCN1. The second kappa shape index (κ2) is 7.67. The minimum absolute atomic E-state index is 0.0783. The Labute approximate surface area is 105 Å². The Morgan fingerprint density at radius 3 is 2.94 bits per heavy atom. The van der Waals surface area contributed by atoms with Gasteiger partial charge in [-0.3, -0.25) is 4.79 Å². The van der Waals surface area contributed by atoms with E-state index in [-0.39, 0.29) is 11.8 Å². The van der Waals surface area contributed by atoms with Crippen molar-refractivity contribution in [1.82, 2.24) is 15.5 Å². The van der Waals surface area contributed by atoms with E-state index in [0.29, 0.717) is 0 Å². The quantitative estimate of drug-likeness (QED) is 0.694. The van der Waals surface area contributed by atoms with Crippen molar-refractivity contribution >= 4 is 5.91 Å². The van der Waals surface area contributed by atoms with Crippen molar-refractivity contribution in [1.29, 1.82) is 0 Å². The van der Waals surface area contributed by atoms with Crippen LogP contribution in [-0.4, -0.2) is 50.6 Å². The maximum atomic E-state index is 11.4. The van der Waals surface area contributed by atoms with Crippen LogP contribution in [0.15, 0.2) is 0 Å². The first-order valence-electron chi connectivity index (χ1n) is 6.77. The van der Waals surface area contributed by atoms with Gasteiger partial charge >= 0.3 is 0 Å². The molecule has 17 heavy (non-hydrogen) atoms. The Morgan fingerprint density at radius 1 is 1.59 bits per heavy atom. The largest absolute Gasteiger partial charge is 0.359 e. The Bertz CT molecular complexity index is 227. The number of carbonyl (C=O) groups excluding carboxylic acids is 1. The number of rotatable bonds is 7. The molecule has 4 heteroatoms. The fraction of sp³-hybridized carbons (Fsp3) is 0.923. The van der Waals surface area contributed by atoms with E-state index >= 15 is 0 Å². The van der Waals surface area contributed by atoms with Gasteiger partial charge in [-0.05, 0) is 45.8 Å². The van der Waals surface area contributed by atoms with Gasteiger partial charge in [-0.15, -0.1) is 0 Å². The van der Waals surface area contributed by atoms with Crippen molar-refractivity contribution in [3.05, 3.63) is 0 Å². The van der Waals surface area contributed by atoms with Crippen LogP contribution in [0.25, 0.3) is 0 Å². The normalized spacial score (nSPS) is 21.8. The summed E-state index contributed by atoms with van der Waals surface area (Å²) in [7, 11) is 3.80. The zero-order valence-corrected chi connectivity index (χ0v) is 11.5. The monoisotopic (exact) mass is 241 g/mol. The van der Waals surface area contributed by atoms with Crippen molar-refractivity contribution in [2.75, 3.05) is 33.7 Å². The van der Waals surface area contributed by atoms with Crippen LogP contribution in [0.5, 0.6) is 0 Å². The summed E-state index contributed by atoms with van der Waals surface area (Å²) in [6, 6.07) is 0.736. The van der Waals surface area contributed by atoms with Gasteiger partial charge < -0.3 is 15.5 Å². The molecule has 1 fully saturated rings. The average molecular weight is 241 g/mol. The summed E-state index contributed by atoms with van der Waals surface area (Å²) in [6.45, 7) is 5.10. The number of hydrogen-bond donors (Lipinski definition) is 2. The summed E-state index contributed by atoms with van der Waals surface area (Å²) < 4.78 is 0. The molecule has 2 N–H and O–H groups in total. The maximum absolute atomic E-state index is 11.4. The molecule has 0 aliphatic carbocycles. The second-order valence-electron chi connectivity index (χ2n) is 5.21. The molecule has 0 aromatic rings. The van der Waals surface area contributed by atoms with Gasteiger partial charge in [-0.1, -0.05) is 6.92 Å². The standard InChI is InChI=1S/C13H27N3O/c1-11(13(17)14-2)10-16(3)9-5-7-12-6-4-8-15-12/h11-12,15H,4-10H2,1-3H3,(H,14,17). The molecule has 0 spiro atoms. The lowest BCUT2D eigenvalue weighted by molar-refractivity contribution is -0.124. The molecular formula is C13H27N3O. The molecule has 0 aromatic carbocycles. The van der Waals surface area contributed by atoms with Crippen molar-refractivity contribution < 1.29 is 4.79 Å². The molecule has 0 saturated carbocycles. The summed E-state index contributed by atoms with van der Waals surface area (Å²) in [6.07, 6.45) is 5.14. The predicted molar refractivity (Wildman–Crippen MR) is 71.0 cm³/mol. The van der Waals surface area contributed by atoms with E-state index in [1.807, 2.05) is 6.92 Å². The number of nitrogens with zero attached hydrogens (tertiary/aromatic N) is 1. The lowest BCUT2D eigenvalue weighted by Gasteiger charge is -2.21. The summed E-state index contributed by atoms with van der Waals surface area (Å²) >= 11 is 0. The molecule has 2 unspecified atom stereocenters. The van der Waals surface area contributed by atoms with Gasteiger partial charge in [0.15, 0.2) is 0 Å². The molecule has 1 rings (SSSR count). The van der Waals surface area contributed by atoms with E-state index in [9.17, 15) is 4.79 Å². The predicted octanol–water partition coefficient (Wildman–Crippen LogP) is 0.833. The summed E-state index contributed by atoms with van der Waals surface area (Å²) in [5.41, 5.74) is 0. The average Bonchev–Trinajstić information content (AvgIpc) is 2.80. The Balaban J connectivity index is 2.07. The van der Waals surface area contributed by atoms with Gasteiger partial charge in [0, 0.05) is 25.6 Å². The molecule has 0 aromatic heterocycles. The van der Waals surface area contributed by atoms with Gasteiger partial charge in [0.05, 0.1) is 0 Å². The fourth-order valence-electron chi connectivity index (χ4n) is 2.50. The Hall–Kier alpha value is -0.610. The maximum Gasteiger partial charge on any atom is 0.223 e. The highest BCUT2D eigenvalue weighted by Crippen LogP contribution is 2.11. The van der Waals surface area contributed by atoms with Crippen LogP contribution < -0.4 is 10.6 Å². The van der Waals surface area contributed by atoms with Crippen LogP contribution >= 0.6 is 0 Å². The van der Waals surface area contributed by atoms with Gasteiger partial charge in [-0.2, -0.15) is 0 Å². The van der Waals surface area contributed by atoms with Crippen molar-refractivity contribution in [3.8, 4) is 0 Å². The third-order valence-corrected chi connectivity index (χ3v) is 3.53. The first-order valence-corrected chi connectivity index (χ1v) is 6.77. The van der Waals surface area contributed by atoms with Crippen LogP contribution in [0.4, 0.5) is 0 Å². The van der Waals surface area contributed by atoms with Gasteiger partial charge in [0.2, 0.25) is 5.91 Å². The highest BCUT2D eigenvalue weighted by atomic mass is 16.1. The van der Waals surface area contributed by atoms with E-state index in [4.69, 9.17) is 0 Å². The molecule has 1 aliphatic heterocycles. The minimum Gasteiger partial charge on any atom is -0.359 e. The van der Waals surface area contributed by atoms with Gasteiger partial charge in [0.25, 0.3) is 0 Å². The topological polar surface area (TPSA) is 44.4 Å². The van der Waals surface area contributed by atoms with Crippen molar-refractivity contribution in [3.63, 3.8) is 0 Å². The number of hydrogen-bond acceptors (Lipinski definition) is 3. The molecule has 100 valence electrons. The molecule has 1 amide bonds. The zero-order valence-electron chi connectivity index (χ0n) is 11.5. The highest BCUT2D eigenvalue weighted by molar-refractivity contribution is 5.78. The first-order chi connectivity index (χ1) is 8.13. The molecule has 0 bridgehead atoms. The fourth-order valence-corrected chi connectivity index (χ4v) is 2.50. The van der Waals surface area contributed by atoms with Crippen molar-refractivity contribution in [2.24, 2.45) is 5.92 Å². The van der Waals surface area contributed by atoms with Crippen LogP contribution in [0.1, 0.15) is 32.6 Å². The molecule has 1 saturated heterocycles. The van der Waals surface area contributed by atoms with Gasteiger partial charge in [-0.25, -0.2) is 0 Å². The summed E-state index contributed by atoms with van der Waals surface area (Å²) in [4.78, 5) is 13.6. The lowest BCUT2D eigenvalue weighted by Crippen LogP contribution is -2.35. The summed E-state index contributed by atoms with van der Waals surface area (Å²) in [5.74, 6) is 0.212. The molecule has 2 atom stereocenters. The molecule has 0 radical (unpaired) electrons. The molecule has 1 heterocycles. The van der Waals surface area contributed by atoms with E-state index in [2.05, 4.69) is 22.6 Å². The number of amides is 1. The van der Waals surface area contributed by atoms with E-state index in [1.165, 1.54) is 32.2 Å². The Morgan fingerprint density at radius 2 is 2.35 bits per heavy atom. The van der Waals surface area contributed by atoms with Crippen LogP contribution in [0.3, 0.4) is 0 Å². The Kier molecular flexibility index (Phi) is 6.52. The third-order valence-electron chi connectivity index (χ3n) is 3.53. The van der Waals surface area contributed by atoms with Crippen LogP contribution in [-0.2, 0) is 4.79 Å². The van der Waals surface area contributed by atoms with Crippen molar-refractivity contribution in [2.45, 2.75) is 38.6 Å². The highest BCUT2D eigenvalue weighted by Gasteiger charge is 2.15. The third kappa shape index (κ3) is 5.50. The smallest absolute Gasteiger partial charge is 0.223 e. The van der Waals surface area contributed by atoms with E-state index in [0.717, 1.165) is 19.1 Å². The summed E-state index contributed by atoms with van der Waals surface area (Å²) in [5, 5.41) is 6.21. The number of carbonyl (C=O) groups is 1. The van der Waals surface area contributed by atoms with E-state index in [1.54, 1.807) is 7.05 Å². The van der Waals surface area contributed by atoms with Gasteiger partial charge in [0.1, 0.15) is 0 Å². The lowest BCUT2D eigenvalue weighted by atomic mass is 10.1. The number of nitrogens with one attached hydrogen (secondary N) is 2. The minimum atomic E-state index is 0.0783. The van der Waals surface area contributed by atoms with Crippen LogP contribution in [0, 0.1) is 5.92 Å². The van der Waals surface area contributed by atoms with E-state index < -0.39 is 0 Å². The van der Waals surface area contributed by atoms with Crippen LogP contribution in [0.2, 0.25) is 0 Å². The first kappa shape index (κ1) is 14.5. The second-order valence-corrected chi connectivity index (χ2v) is 5.21. The molecular weight excluding hydrogens is 214 g/mol. The molecule has 4 nitrogen and oxygen atoms in total. The molecule has 1 aliphatic rings.